The van der Waals surface area contributed by atoms with Gasteiger partial charge in [0, 0.05) is 0 Å². The molecule has 0 bridgehead atoms. The van der Waals surface area contributed by atoms with Crippen LogP contribution in [0.3, 0.4) is 0 Å². The third-order valence-corrected chi connectivity index (χ3v) is 2.01. The molecule has 0 fully saturated rings. The maximum atomic E-state index is 2.44. The number of halogens is 1. The summed E-state index contributed by atoms with van der Waals surface area (Å²) in [5.74, 6) is 0.955. The molecule has 0 heterocycles. The summed E-state index contributed by atoms with van der Waals surface area (Å²) in [6.45, 7) is 2.34. The first kappa shape index (κ1) is 8.79. The Morgan fingerprint density at radius 3 is 2.50 bits per heavy atom. The number of hydrogen-bond acceptors (Lipinski definition) is 0. The minimum atomic E-state index is 0.955. The normalized spacial score (nSPS) is 13.8. The number of rotatable bonds is 4. The lowest BCUT2D eigenvalue weighted by molar-refractivity contribution is 0.552. The molecule has 0 aromatic carbocycles. The summed E-state index contributed by atoms with van der Waals surface area (Å²) in [5.41, 5.74) is 0. The SMILES string of the molecule is BCCC(C)CCI. The van der Waals surface area contributed by atoms with Crippen molar-refractivity contribution in [2.24, 2.45) is 5.92 Å². The summed E-state index contributed by atoms with van der Waals surface area (Å²) in [4.78, 5) is 0. The van der Waals surface area contributed by atoms with E-state index in [1.807, 2.05) is 0 Å². The van der Waals surface area contributed by atoms with Crippen molar-refractivity contribution in [2.75, 3.05) is 4.43 Å². The second kappa shape index (κ2) is 5.92. The summed E-state index contributed by atoms with van der Waals surface area (Å²) in [6.07, 6.45) is 4.15. The molecule has 0 N–H and O–H groups in total. The Labute approximate surface area is 67.0 Å². The zero-order chi connectivity index (χ0) is 6.41. The molecule has 48 valence electrons. The van der Waals surface area contributed by atoms with Crippen molar-refractivity contribution in [1.82, 2.24) is 0 Å². The highest BCUT2D eigenvalue weighted by molar-refractivity contribution is 14.1. The van der Waals surface area contributed by atoms with Crippen LogP contribution in [-0.4, -0.2) is 12.3 Å². The molecule has 8 heavy (non-hydrogen) atoms. The number of alkyl halides is 1. The third-order valence-electron chi connectivity index (χ3n) is 1.38. The van der Waals surface area contributed by atoms with E-state index < -0.39 is 0 Å². The van der Waals surface area contributed by atoms with Crippen LogP contribution in [-0.2, 0) is 0 Å². The van der Waals surface area contributed by atoms with Crippen LogP contribution in [0, 0.1) is 5.92 Å². The summed E-state index contributed by atoms with van der Waals surface area (Å²) in [7, 11) is 2.25. The summed E-state index contributed by atoms with van der Waals surface area (Å²) in [6, 6.07) is 0. The largest absolute Gasteiger partial charge is 0.101 e. The van der Waals surface area contributed by atoms with Gasteiger partial charge in [-0.2, -0.15) is 0 Å². The molecule has 0 rings (SSSR count). The van der Waals surface area contributed by atoms with E-state index in [2.05, 4.69) is 37.4 Å². The van der Waals surface area contributed by atoms with Crippen molar-refractivity contribution in [3.8, 4) is 0 Å². The maximum absolute atomic E-state index is 2.44. The van der Waals surface area contributed by atoms with Gasteiger partial charge in [-0.15, -0.1) is 0 Å². The molecule has 0 aliphatic carbocycles. The second-order valence-electron chi connectivity index (χ2n) is 2.37. The molecule has 0 radical (unpaired) electrons. The van der Waals surface area contributed by atoms with E-state index in [9.17, 15) is 0 Å². The molecule has 0 amide bonds. The standard InChI is InChI=1S/C6H14BI/c1-6(2-4-7)3-5-8/h6H,2-5,7H2,1H3. The molecule has 0 aromatic heterocycles. The van der Waals surface area contributed by atoms with Gasteiger partial charge in [0.2, 0.25) is 0 Å². The topological polar surface area (TPSA) is 0 Å². The first-order chi connectivity index (χ1) is 3.81. The molecular formula is C6H14BI. The monoisotopic (exact) mass is 224 g/mol. The molecule has 2 heteroatoms. The Bertz CT molecular complexity index is 41.8. The van der Waals surface area contributed by atoms with Crippen molar-refractivity contribution >= 4 is 30.4 Å². The van der Waals surface area contributed by atoms with Crippen LogP contribution < -0.4 is 0 Å². The zero-order valence-electron chi connectivity index (χ0n) is 5.78. The predicted molar refractivity (Wildman–Crippen MR) is 50.6 cm³/mol. The van der Waals surface area contributed by atoms with Crippen LogP contribution in [0.15, 0.2) is 0 Å². The second-order valence-corrected chi connectivity index (χ2v) is 3.45. The smallest absolute Gasteiger partial charge is 0.0864 e. The van der Waals surface area contributed by atoms with Crippen LogP contribution in [0.1, 0.15) is 19.8 Å². The molecule has 0 spiro atoms. The van der Waals surface area contributed by atoms with E-state index in [-0.39, 0.29) is 0 Å². The first-order valence-electron chi connectivity index (χ1n) is 3.37. The van der Waals surface area contributed by atoms with Crippen LogP contribution in [0.5, 0.6) is 0 Å². The Hall–Kier alpha value is 0.795. The van der Waals surface area contributed by atoms with Crippen molar-refractivity contribution in [2.45, 2.75) is 26.1 Å². The summed E-state index contributed by atoms with van der Waals surface area (Å²) < 4.78 is 1.32. The van der Waals surface area contributed by atoms with Gasteiger partial charge in [-0.25, -0.2) is 0 Å². The summed E-state index contributed by atoms with van der Waals surface area (Å²) in [5, 5.41) is 0. The highest BCUT2D eigenvalue weighted by Gasteiger charge is 1.96. The van der Waals surface area contributed by atoms with E-state index >= 15 is 0 Å². The van der Waals surface area contributed by atoms with Gasteiger partial charge >= 0.3 is 0 Å². The van der Waals surface area contributed by atoms with Crippen molar-refractivity contribution in [1.29, 1.82) is 0 Å². The lowest BCUT2D eigenvalue weighted by atomic mass is 9.93. The first-order valence-corrected chi connectivity index (χ1v) is 4.89. The van der Waals surface area contributed by atoms with E-state index in [1.165, 1.54) is 23.6 Å². The minimum absolute atomic E-state index is 0.955. The molecule has 0 saturated heterocycles. The molecule has 0 aromatic rings. The summed E-state index contributed by atoms with van der Waals surface area (Å²) >= 11 is 2.44. The number of hydrogen-bond donors (Lipinski definition) is 0. The lowest BCUT2D eigenvalue weighted by Gasteiger charge is -2.04. The van der Waals surface area contributed by atoms with Gasteiger partial charge in [-0.05, 0) is 16.8 Å². The Morgan fingerprint density at radius 2 is 2.12 bits per heavy atom. The molecule has 0 nitrogen and oxygen atoms in total. The van der Waals surface area contributed by atoms with E-state index in [4.69, 9.17) is 0 Å². The quantitative estimate of drug-likeness (QED) is 0.388. The van der Waals surface area contributed by atoms with Crippen LogP contribution in [0.4, 0.5) is 0 Å². The fourth-order valence-corrected chi connectivity index (χ4v) is 1.89. The molecule has 0 saturated carbocycles. The zero-order valence-corrected chi connectivity index (χ0v) is 7.94. The molecule has 0 aliphatic rings. The van der Waals surface area contributed by atoms with Gasteiger partial charge < -0.3 is 0 Å². The molecule has 0 aliphatic heterocycles. The lowest BCUT2D eigenvalue weighted by Crippen LogP contribution is -1.93. The highest BCUT2D eigenvalue weighted by Crippen LogP contribution is 2.10. The van der Waals surface area contributed by atoms with Gasteiger partial charge in [-0.1, -0.05) is 42.3 Å². The van der Waals surface area contributed by atoms with E-state index in [1.54, 1.807) is 0 Å². The predicted octanol–water partition coefficient (Wildman–Crippen LogP) is 1.89. The highest BCUT2D eigenvalue weighted by atomic mass is 127. The minimum Gasteiger partial charge on any atom is -0.0864 e. The van der Waals surface area contributed by atoms with Crippen molar-refractivity contribution < 1.29 is 0 Å². The van der Waals surface area contributed by atoms with Crippen molar-refractivity contribution in [3.05, 3.63) is 0 Å². The fraction of sp³-hybridized carbons (Fsp3) is 1.00. The van der Waals surface area contributed by atoms with Gasteiger partial charge in [0.15, 0.2) is 0 Å². The molecular weight excluding hydrogens is 210 g/mol. The Kier molecular flexibility index (Phi) is 6.51. The average Bonchev–Trinajstić information content (AvgIpc) is 1.68. The van der Waals surface area contributed by atoms with Crippen LogP contribution in [0.25, 0.3) is 0 Å². The Balaban J connectivity index is 2.92. The van der Waals surface area contributed by atoms with Crippen LogP contribution >= 0.6 is 22.6 Å². The fourth-order valence-electron chi connectivity index (χ4n) is 0.823. The van der Waals surface area contributed by atoms with Crippen molar-refractivity contribution in [3.63, 3.8) is 0 Å². The molecule has 1 atom stereocenters. The Morgan fingerprint density at radius 1 is 1.50 bits per heavy atom. The van der Waals surface area contributed by atoms with Gasteiger partial charge in [0.05, 0.1) is 0 Å². The van der Waals surface area contributed by atoms with Crippen LogP contribution in [0.2, 0.25) is 6.32 Å². The molecule has 1 unspecified atom stereocenters. The van der Waals surface area contributed by atoms with Gasteiger partial charge in [-0.3, -0.25) is 0 Å². The third kappa shape index (κ3) is 4.94. The van der Waals surface area contributed by atoms with Gasteiger partial charge in [0.1, 0.15) is 7.85 Å². The average molecular weight is 224 g/mol. The van der Waals surface area contributed by atoms with Gasteiger partial charge in [0.25, 0.3) is 0 Å². The van der Waals surface area contributed by atoms with E-state index in [0.717, 1.165) is 5.92 Å². The van der Waals surface area contributed by atoms with E-state index in [0.29, 0.717) is 0 Å². The maximum Gasteiger partial charge on any atom is 0.101 e.